The number of carbonyl (C=O) groups excluding carboxylic acids is 1. The van der Waals surface area contributed by atoms with Gasteiger partial charge in [0, 0.05) is 11.3 Å². The van der Waals surface area contributed by atoms with Crippen molar-refractivity contribution in [1.82, 2.24) is 14.8 Å². The fourth-order valence-corrected chi connectivity index (χ4v) is 4.05. The minimum Gasteiger partial charge on any atom is -0.495 e. The maximum Gasteiger partial charge on any atom is 0.234 e. The molecule has 1 N–H and O–H groups in total. The SMILES string of the molecule is COc1ccc(C)cc1NC(=O)CSc1nnc(-c2ccc(C)cc2)n1-c1ccccc1. The van der Waals surface area contributed by atoms with Gasteiger partial charge in [0.1, 0.15) is 5.75 Å². The maximum atomic E-state index is 12.7. The fourth-order valence-electron chi connectivity index (χ4n) is 3.30. The van der Waals surface area contributed by atoms with Gasteiger partial charge in [0.25, 0.3) is 0 Å². The summed E-state index contributed by atoms with van der Waals surface area (Å²) in [5.74, 6) is 1.41. The fraction of sp³-hybridized carbons (Fsp3) is 0.160. The van der Waals surface area contributed by atoms with Crippen LogP contribution in [0.2, 0.25) is 0 Å². The normalized spacial score (nSPS) is 10.7. The summed E-state index contributed by atoms with van der Waals surface area (Å²) in [4.78, 5) is 12.7. The molecular formula is C25H24N4O2S. The highest BCUT2D eigenvalue weighted by Crippen LogP contribution is 2.29. The number of methoxy groups -OCH3 is 1. The molecule has 0 saturated heterocycles. The van der Waals surface area contributed by atoms with E-state index in [0.29, 0.717) is 16.6 Å². The third-order valence-corrected chi connectivity index (χ3v) is 5.85. The summed E-state index contributed by atoms with van der Waals surface area (Å²) < 4.78 is 7.34. The van der Waals surface area contributed by atoms with Crippen LogP contribution in [0.5, 0.6) is 5.75 Å². The molecule has 0 atom stereocenters. The Hall–Kier alpha value is -3.58. The van der Waals surface area contributed by atoms with Crippen molar-refractivity contribution in [3.05, 3.63) is 83.9 Å². The summed E-state index contributed by atoms with van der Waals surface area (Å²) in [6.45, 7) is 4.02. The van der Waals surface area contributed by atoms with Gasteiger partial charge >= 0.3 is 0 Å². The molecule has 0 aliphatic carbocycles. The van der Waals surface area contributed by atoms with Crippen molar-refractivity contribution < 1.29 is 9.53 Å². The Kier molecular flexibility index (Phi) is 6.56. The molecule has 32 heavy (non-hydrogen) atoms. The van der Waals surface area contributed by atoms with Gasteiger partial charge in [-0.1, -0.05) is 65.9 Å². The van der Waals surface area contributed by atoms with Gasteiger partial charge in [0.2, 0.25) is 5.91 Å². The topological polar surface area (TPSA) is 69.0 Å². The van der Waals surface area contributed by atoms with E-state index in [1.165, 1.54) is 17.3 Å². The van der Waals surface area contributed by atoms with Crippen molar-refractivity contribution >= 4 is 23.4 Å². The number of anilines is 1. The molecule has 1 amide bonds. The second-order valence-corrected chi connectivity index (χ2v) is 8.33. The van der Waals surface area contributed by atoms with E-state index < -0.39 is 0 Å². The first-order valence-electron chi connectivity index (χ1n) is 10.2. The van der Waals surface area contributed by atoms with Crippen LogP contribution in [-0.2, 0) is 4.79 Å². The summed E-state index contributed by atoms with van der Waals surface area (Å²) in [6, 6.07) is 23.8. The van der Waals surface area contributed by atoms with Gasteiger partial charge in [-0.3, -0.25) is 9.36 Å². The van der Waals surface area contributed by atoms with Crippen molar-refractivity contribution in [2.24, 2.45) is 0 Å². The van der Waals surface area contributed by atoms with Gasteiger partial charge in [-0.15, -0.1) is 10.2 Å². The molecule has 0 unspecified atom stereocenters. The van der Waals surface area contributed by atoms with Crippen molar-refractivity contribution in [3.8, 4) is 22.8 Å². The Morgan fingerprint density at radius 3 is 2.41 bits per heavy atom. The summed E-state index contributed by atoms with van der Waals surface area (Å²) in [5.41, 5.74) is 4.78. The van der Waals surface area contributed by atoms with Gasteiger partial charge < -0.3 is 10.1 Å². The van der Waals surface area contributed by atoms with Gasteiger partial charge in [-0.2, -0.15) is 0 Å². The Bertz CT molecular complexity index is 1220. The smallest absolute Gasteiger partial charge is 0.234 e. The number of thioether (sulfide) groups is 1. The Morgan fingerprint density at radius 1 is 0.969 bits per heavy atom. The second kappa shape index (κ2) is 9.70. The first-order valence-corrected chi connectivity index (χ1v) is 11.2. The lowest BCUT2D eigenvalue weighted by atomic mass is 10.1. The Labute approximate surface area is 191 Å². The number of nitrogens with zero attached hydrogens (tertiary/aromatic N) is 3. The van der Waals surface area contributed by atoms with Crippen LogP contribution in [0.25, 0.3) is 17.1 Å². The minimum absolute atomic E-state index is 0.140. The zero-order valence-corrected chi connectivity index (χ0v) is 19.0. The maximum absolute atomic E-state index is 12.7. The quantitative estimate of drug-likeness (QED) is 0.392. The number of aromatic nitrogens is 3. The monoisotopic (exact) mass is 444 g/mol. The van der Waals surface area contributed by atoms with E-state index in [-0.39, 0.29) is 11.7 Å². The molecule has 0 radical (unpaired) electrons. The molecule has 0 saturated carbocycles. The first kappa shape index (κ1) is 21.6. The highest BCUT2D eigenvalue weighted by Gasteiger charge is 2.17. The zero-order chi connectivity index (χ0) is 22.5. The molecule has 4 rings (SSSR count). The third-order valence-electron chi connectivity index (χ3n) is 4.92. The molecule has 7 heteroatoms. The van der Waals surface area contributed by atoms with Crippen LogP contribution in [0.15, 0.2) is 78.0 Å². The molecule has 0 spiro atoms. The van der Waals surface area contributed by atoms with Crippen molar-refractivity contribution in [2.75, 3.05) is 18.2 Å². The predicted molar refractivity (Wildman–Crippen MR) is 129 cm³/mol. The second-order valence-electron chi connectivity index (χ2n) is 7.38. The van der Waals surface area contributed by atoms with E-state index in [0.717, 1.165) is 22.6 Å². The third kappa shape index (κ3) is 4.84. The molecular weight excluding hydrogens is 420 g/mol. The van der Waals surface area contributed by atoms with Crippen LogP contribution >= 0.6 is 11.8 Å². The van der Waals surface area contributed by atoms with Crippen molar-refractivity contribution in [3.63, 3.8) is 0 Å². The number of rotatable bonds is 7. The van der Waals surface area contributed by atoms with Crippen molar-refractivity contribution in [2.45, 2.75) is 19.0 Å². The van der Waals surface area contributed by atoms with Gasteiger partial charge in [-0.05, 0) is 43.7 Å². The number of ether oxygens (including phenoxy) is 1. The van der Waals surface area contributed by atoms with Crippen molar-refractivity contribution in [1.29, 1.82) is 0 Å². The van der Waals surface area contributed by atoms with Gasteiger partial charge in [0.05, 0.1) is 18.6 Å². The lowest BCUT2D eigenvalue weighted by Gasteiger charge is -2.12. The van der Waals surface area contributed by atoms with Crippen LogP contribution in [0, 0.1) is 13.8 Å². The molecule has 0 fully saturated rings. The number of carbonyl (C=O) groups is 1. The van der Waals surface area contributed by atoms with E-state index in [9.17, 15) is 4.79 Å². The molecule has 4 aromatic rings. The molecule has 1 aromatic heterocycles. The summed E-state index contributed by atoms with van der Waals surface area (Å²) in [5, 5.41) is 12.4. The van der Waals surface area contributed by atoms with Crippen LogP contribution in [0.1, 0.15) is 11.1 Å². The summed E-state index contributed by atoms with van der Waals surface area (Å²) in [7, 11) is 1.59. The number of amides is 1. The predicted octanol–water partition coefficient (Wildman–Crippen LogP) is 5.29. The highest BCUT2D eigenvalue weighted by atomic mass is 32.2. The van der Waals surface area contributed by atoms with E-state index in [1.54, 1.807) is 7.11 Å². The highest BCUT2D eigenvalue weighted by molar-refractivity contribution is 7.99. The number of hydrogen-bond acceptors (Lipinski definition) is 5. The Balaban J connectivity index is 1.58. The van der Waals surface area contributed by atoms with Crippen LogP contribution in [-0.4, -0.2) is 33.5 Å². The minimum atomic E-state index is -0.140. The lowest BCUT2D eigenvalue weighted by molar-refractivity contribution is -0.113. The lowest BCUT2D eigenvalue weighted by Crippen LogP contribution is -2.15. The summed E-state index contributed by atoms with van der Waals surface area (Å²) >= 11 is 1.34. The number of benzene rings is 3. The van der Waals surface area contributed by atoms with Crippen LogP contribution in [0.4, 0.5) is 5.69 Å². The van der Waals surface area contributed by atoms with Gasteiger partial charge in [-0.25, -0.2) is 0 Å². The first-order chi connectivity index (χ1) is 15.5. The number of nitrogens with one attached hydrogen (secondary N) is 1. The van der Waals surface area contributed by atoms with Gasteiger partial charge in [0.15, 0.2) is 11.0 Å². The zero-order valence-electron chi connectivity index (χ0n) is 18.2. The largest absolute Gasteiger partial charge is 0.495 e. The molecule has 0 aliphatic heterocycles. The van der Waals surface area contributed by atoms with Crippen LogP contribution in [0.3, 0.4) is 0 Å². The summed E-state index contributed by atoms with van der Waals surface area (Å²) in [6.07, 6.45) is 0. The number of aryl methyl sites for hydroxylation is 2. The molecule has 0 bridgehead atoms. The van der Waals surface area contributed by atoms with E-state index in [4.69, 9.17) is 4.74 Å². The number of hydrogen-bond donors (Lipinski definition) is 1. The van der Waals surface area contributed by atoms with Crippen LogP contribution < -0.4 is 10.1 Å². The standard InChI is InChI=1S/C25H24N4O2S/c1-17-9-12-19(13-10-17)24-27-28-25(29(24)20-7-5-4-6-8-20)32-16-23(30)26-21-15-18(2)11-14-22(21)31-3/h4-15H,16H2,1-3H3,(H,26,30). The molecule has 162 valence electrons. The molecule has 0 aliphatic rings. The van der Waals surface area contributed by atoms with E-state index in [2.05, 4.69) is 34.6 Å². The Morgan fingerprint density at radius 2 is 1.69 bits per heavy atom. The van der Waals surface area contributed by atoms with E-state index >= 15 is 0 Å². The molecule has 1 heterocycles. The molecule has 3 aromatic carbocycles. The average Bonchev–Trinajstić information content (AvgIpc) is 3.23. The average molecular weight is 445 g/mol. The number of para-hydroxylation sites is 1. The molecule has 6 nitrogen and oxygen atoms in total. The van der Waals surface area contributed by atoms with E-state index in [1.807, 2.05) is 72.2 Å².